The predicted octanol–water partition coefficient (Wildman–Crippen LogP) is 2.11. The molecule has 3 amide bonds. The Morgan fingerprint density at radius 3 is 2.70 bits per heavy atom. The monoisotopic (exact) mass is 369 g/mol. The maximum Gasteiger partial charge on any atom is 0.291 e. The summed E-state index contributed by atoms with van der Waals surface area (Å²) < 4.78 is 5.00. The van der Waals surface area contributed by atoms with Crippen molar-refractivity contribution < 1.29 is 23.7 Å². The molecule has 9 nitrogen and oxygen atoms in total. The van der Waals surface area contributed by atoms with Crippen LogP contribution in [0.25, 0.3) is 6.08 Å². The van der Waals surface area contributed by atoms with E-state index in [9.17, 15) is 24.5 Å². The number of imide groups is 1. The third-order valence-electron chi connectivity index (χ3n) is 3.93. The number of carbonyl (C=O) groups is 3. The highest BCUT2D eigenvalue weighted by atomic mass is 16.6. The van der Waals surface area contributed by atoms with Crippen molar-refractivity contribution in [3.05, 3.63) is 69.8 Å². The molecule has 3 rings (SSSR count). The van der Waals surface area contributed by atoms with Crippen LogP contribution < -0.4 is 5.32 Å². The van der Waals surface area contributed by atoms with Gasteiger partial charge in [0, 0.05) is 25.1 Å². The summed E-state index contributed by atoms with van der Waals surface area (Å²) in [6.07, 6.45) is 3.40. The first-order chi connectivity index (χ1) is 13.0. The topological polar surface area (TPSA) is 123 Å². The lowest BCUT2D eigenvalue weighted by Gasteiger charge is -2.16. The molecule has 0 atom stereocenters. The molecule has 1 saturated heterocycles. The Labute approximate surface area is 153 Å². The molecule has 27 heavy (non-hydrogen) atoms. The minimum atomic E-state index is -0.677. The molecule has 0 saturated carbocycles. The molecule has 0 radical (unpaired) electrons. The van der Waals surface area contributed by atoms with Crippen molar-refractivity contribution in [2.24, 2.45) is 0 Å². The normalized spacial score (nSPS) is 14.3. The summed E-state index contributed by atoms with van der Waals surface area (Å²) in [5.74, 6) is -1.70. The van der Waals surface area contributed by atoms with Crippen LogP contribution in [0.3, 0.4) is 0 Å². The van der Waals surface area contributed by atoms with Gasteiger partial charge in [0.1, 0.15) is 5.70 Å². The van der Waals surface area contributed by atoms with Crippen molar-refractivity contribution >= 4 is 29.5 Å². The number of amides is 3. The van der Waals surface area contributed by atoms with Crippen LogP contribution in [-0.2, 0) is 9.59 Å². The van der Waals surface area contributed by atoms with Crippen LogP contribution in [0.4, 0.5) is 5.69 Å². The van der Waals surface area contributed by atoms with Gasteiger partial charge in [-0.3, -0.25) is 29.4 Å². The molecule has 0 aliphatic carbocycles. The Morgan fingerprint density at radius 2 is 2.07 bits per heavy atom. The smallest absolute Gasteiger partial charge is 0.291 e. The van der Waals surface area contributed by atoms with Gasteiger partial charge in [-0.25, -0.2) is 0 Å². The van der Waals surface area contributed by atoms with Crippen LogP contribution >= 0.6 is 0 Å². The number of hydrogen-bond donors (Lipinski definition) is 1. The van der Waals surface area contributed by atoms with E-state index < -0.39 is 16.7 Å². The Bertz CT molecular complexity index is 932. The number of hydrogen-bond acceptors (Lipinski definition) is 6. The Hall–Kier alpha value is -3.75. The quantitative estimate of drug-likeness (QED) is 0.489. The fraction of sp³-hybridized carbons (Fsp3) is 0.167. The van der Waals surface area contributed by atoms with Crippen LogP contribution in [0.5, 0.6) is 0 Å². The van der Waals surface area contributed by atoms with E-state index in [1.54, 1.807) is 6.07 Å². The van der Waals surface area contributed by atoms with Gasteiger partial charge in [0.2, 0.25) is 5.91 Å². The van der Waals surface area contributed by atoms with Crippen LogP contribution in [0.2, 0.25) is 0 Å². The van der Waals surface area contributed by atoms with E-state index in [1.165, 1.54) is 42.7 Å². The molecule has 1 fully saturated rings. The molecule has 138 valence electrons. The molecular weight excluding hydrogens is 354 g/mol. The second kappa shape index (κ2) is 7.65. The Morgan fingerprint density at radius 1 is 1.26 bits per heavy atom. The minimum Gasteiger partial charge on any atom is -0.459 e. The summed E-state index contributed by atoms with van der Waals surface area (Å²) in [6, 6.07) is 8.52. The van der Waals surface area contributed by atoms with Crippen molar-refractivity contribution in [3.63, 3.8) is 0 Å². The molecule has 1 aromatic carbocycles. The Balaban J connectivity index is 1.94. The first-order valence-corrected chi connectivity index (χ1v) is 8.11. The maximum atomic E-state index is 12.7. The van der Waals surface area contributed by atoms with Crippen molar-refractivity contribution in [1.82, 2.24) is 10.2 Å². The van der Waals surface area contributed by atoms with Gasteiger partial charge in [0.05, 0.1) is 11.2 Å². The summed E-state index contributed by atoms with van der Waals surface area (Å²) in [6.45, 7) is 0.251. The van der Waals surface area contributed by atoms with Crippen molar-refractivity contribution in [1.29, 1.82) is 0 Å². The molecule has 1 aliphatic rings. The summed E-state index contributed by atoms with van der Waals surface area (Å²) in [4.78, 5) is 48.3. The number of nitro benzene ring substituents is 1. The number of carbonyl (C=O) groups excluding carboxylic acids is 3. The lowest BCUT2D eigenvalue weighted by atomic mass is 10.1. The van der Waals surface area contributed by atoms with E-state index >= 15 is 0 Å². The molecule has 9 heteroatoms. The first-order valence-electron chi connectivity index (χ1n) is 8.11. The van der Waals surface area contributed by atoms with E-state index in [1.807, 2.05) is 0 Å². The first kappa shape index (κ1) is 18.1. The van der Waals surface area contributed by atoms with Gasteiger partial charge < -0.3 is 9.73 Å². The minimum absolute atomic E-state index is 0.0134. The average molecular weight is 369 g/mol. The highest BCUT2D eigenvalue weighted by Gasteiger charge is 2.30. The van der Waals surface area contributed by atoms with Gasteiger partial charge in [-0.05, 0) is 30.2 Å². The fourth-order valence-electron chi connectivity index (χ4n) is 2.65. The van der Waals surface area contributed by atoms with Crippen LogP contribution in [0.15, 0.2) is 52.8 Å². The standard InChI is InChI=1S/C18H15N3O6/c22-16-7-2-8-20(16)18(24)14(19-17(23)15-6-3-9-27-15)11-12-4-1-5-13(10-12)21(25)26/h1,3-6,9-11H,2,7-8H2,(H,19,23). The molecular formula is C18H15N3O6. The zero-order valence-corrected chi connectivity index (χ0v) is 14.1. The highest BCUT2D eigenvalue weighted by Crippen LogP contribution is 2.18. The molecule has 0 spiro atoms. The number of rotatable bonds is 5. The number of non-ortho nitro benzene ring substituents is 1. The van der Waals surface area contributed by atoms with Crippen LogP contribution in [0, 0.1) is 10.1 Å². The molecule has 1 N–H and O–H groups in total. The zero-order chi connectivity index (χ0) is 19.4. The maximum absolute atomic E-state index is 12.7. The molecule has 1 aromatic heterocycles. The van der Waals surface area contributed by atoms with Gasteiger partial charge in [-0.2, -0.15) is 0 Å². The van der Waals surface area contributed by atoms with Gasteiger partial charge in [0.15, 0.2) is 5.76 Å². The third kappa shape index (κ3) is 4.09. The summed E-state index contributed by atoms with van der Waals surface area (Å²) in [5, 5.41) is 13.4. The summed E-state index contributed by atoms with van der Waals surface area (Å²) in [7, 11) is 0. The number of nitrogens with zero attached hydrogens (tertiary/aromatic N) is 2. The number of nitro groups is 1. The molecule has 1 aliphatic heterocycles. The predicted molar refractivity (Wildman–Crippen MR) is 93.2 cm³/mol. The lowest BCUT2D eigenvalue weighted by molar-refractivity contribution is -0.384. The van der Waals surface area contributed by atoms with Crippen LogP contribution in [-0.4, -0.2) is 34.1 Å². The lowest BCUT2D eigenvalue weighted by Crippen LogP contribution is -2.39. The highest BCUT2D eigenvalue weighted by molar-refractivity contribution is 6.10. The number of nitrogens with one attached hydrogen (secondary N) is 1. The second-order valence-corrected chi connectivity index (χ2v) is 5.80. The largest absolute Gasteiger partial charge is 0.459 e. The zero-order valence-electron chi connectivity index (χ0n) is 14.1. The van der Waals surface area contributed by atoms with E-state index in [-0.39, 0.29) is 36.0 Å². The Kier molecular flexibility index (Phi) is 5.11. The number of likely N-dealkylation sites (tertiary alicyclic amines) is 1. The van der Waals surface area contributed by atoms with Gasteiger partial charge in [-0.15, -0.1) is 0 Å². The average Bonchev–Trinajstić information content (AvgIpc) is 3.32. The van der Waals surface area contributed by atoms with E-state index in [4.69, 9.17) is 4.42 Å². The molecule has 0 bridgehead atoms. The van der Waals surface area contributed by atoms with Gasteiger partial charge >= 0.3 is 0 Å². The SMILES string of the molecule is O=C(NC(=Cc1cccc([N+](=O)[O-])c1)C(=O)N1CCCC1=O)c1ccco1. The molecule has 0 unspecified atom stereocenters. The number of benzene rings is 1. The third-order valence-corrected chi connectivity index (χ3v) is 3.93. The van der Waals surface area contributed by atoms with E-state index in [0.29, 0.717) is 12.0 Å². The summed E-state index contributed by atoms with van der Waals surface area (Å²) >= 11 is 0. The van der Waals surface area contributed by atoms with E-state index in [0.717, 1.165) is 4.90 Å². The van der Waals surface area contributed by atoms with Gasteiger partial charge in [0.25, 0.3) is 17.5 Å². The molecule has 2 heterocycles. The fourth-order valence-corrected chi connectivity index (χ4v) is 2.65. The molecule has 2 aromatic rings. The van der Waals surface area contributed by atoms with Gasteiger partial charge in [-0.1, -0.05) is 12.1 Å². The van der Waals surface area contributed by atoms with Crippen LogP contribution in [0.1, 0.15) is 29.0 Å². The second-order valence-electron chi connectivity index (χ2n) is 5.80. The van der Waals surface area contributed by atoms with Crippen molar-refractivity contribution in [2.75, 3.05) is 6.54 Å². The van der Waals surface area contributed by atoms with Crippen molar-refractivity contribution in [2.45, 2.75) is 12.8 Å². The summed E-state index contributed by atoms with van der Waals surface area (Å²) in [5.41, 5.74) is -0.00347. The van der Waals surface area contributed by atoms with E-state index in [2.05, 4.69) is 5.32 Å². The van der Waals surface area contributed by atoms with Crippen molar-refractivity contribution in [3.8, 4) is 0 Å². The number of furan rings is 1.